The van der Waals surface area contributed by atoms with Crippen molar-refractivity contribution in [3.05, 3.63) is 64.9 Å². The highest BCUT2D eigenvalue weighted by atomic mass is 127. The largest absolute Gasteiger partial charge is 0.264 e. The van der Waals surface area contributed by atoms with Crippen LogP contribution in [0.25, 0.3) is 22.4 Å². The van der Waals surface area contributed by atoms with Crippen molar-refractivity contribution in [2.45, 2.75) is 0 Å². The summed E-state index contributed by atoms with van der Waals surface area (Å²) in [7, 11) is 0. The molecule has 0 bridgehead atoms. The van der Waals surface area contributed by atoms with Crippen LogP contribution < -0.4 is 0 Å². The highest BCUT2D eigenvalue weighted by Crippen LogP contribution is 2.30. The molecule has 0 fully saturated rings. The fourth-order valence-electron chi connectivity index (χ4n) is 1.91. The average Bonchev–Trinajstić information content (AvgIpc) is 2.49. The van der Waals surface area contributed by atoms with Crippen molar-refractivity contribution in [1.82, 2.24) is 15.0 Å². The van der Waals surface area contributed by atoms with E-state index in [9.17, 15) is 0 Å². The summed E-state index contributed by atoms with van der Waals surface area (Å²) in [4.78, 5) is 12.9. The third-order valence-electron chi connectivity index (χ3n) is 2.76. The van der Waals surface area contributed by atoms with Gasteiger partial charge in [-0.15, -0.1) is 0 Å². The Hall–Kier alpha value is -1.82. The van der Waals surface area contributed by atoms with Crippen LogP contribution in [0, 0.1) is 3.57 Å². The Kier molecular flexibility index (Phi) is 3.50. The lowest BCUT2D eigenvalue weighted by atomic mass is 10.0. The first kappa shape index (κ1) is 12.2. The maximum absolute atomic E-state index is 4.55. The molecule has 0 aliphatic rings. The average molecular weight is 359 g/mol. The summed E-state index contributed by atoms with van der Waals surface area (Å²) >= 11 is 2.27. The molecule has 0 saturated carbocycles. The molecule has 0 aliphatic heterocycles. The van der Waals surface area contributed by atoms with Crippen molar-refractivity contribution in [1.29, 1.82) is 0 Å². The maximum atomic E-state index is 4.55. The summed E-state index contributed by atoms with van der Waals surface area (Å²) in [6.07, 6.45) is 9.08. The SMILES string of the molecule is Ic1cnc(-c2cccnc2)c(-c2cccnc2)c1. The zero-order valence-corrected chi connectivity index (χ0v) is 12.2. The second-order valence-corrected chi connectivity index (χ2v) is 5.28. The van der Waals surface area contributed by atoms with Crippen LogP contribution in [0.3, 0.4) is 0 Å². The van der Waals surface area contributed by atoms with E-state index in [4.69, 9.17) is 0 Å². The molecule has 0 spiro atoms. The van der Waals surface area contributed by atoms with Gasteiger partial charge in [0.15, 0.2) is 0 Å². The van der Waals surface area contributed by atoms with Crippen molar-refractivity contribution in [2.24, 2.45) is 0 Å². The van der Waals surface area contributed by atoms with Gasteiger partial charge in [-0.3, -0.25) is 15.0 Å². The van der Waals surface area contributed by atoms with E-state index in [2.05, 4.69) is 43.6 Å². The number of pyridine rings is 3. The lowest BCUT2D eigenvalue weighted by molar-refractivity contribution is 1.26. The molecule has 0 atom stereocenters. The monoisotopic (exact) mass is 359 g/mol. The summed E-state index contributed by atoms with van der Waals surface area (Å²) in [6.45, 7) is 0. The van der Waals surface area contributed by atoms with Crippen molar-refractivity contribution in [3.8, 4) is 22.4 Å². The zero-order valence-electron chi connectivity index (χ0n) is 9.99. The van der Waals surface area contributed by atoms with Crippen LogP contribution in [0.1, 0.15) is 0 Å². The fraction of sp³-hybridized carbons (Fsp3) is 0. The van der Waals surface area contributed by atoms with Gasteiger partial charge in [0, 0.05) is 51.2 Å². The van der Waals surface area contributed by atoms with E-state index < -0.39 is 0 Å². The van der Waals surface area contributed by atoms with E-state index in [-0.39, 0.29) is 0 Å². The lowest BCUT2D eigenvalue weighted by Gasteiger charge is -2.09. The van der Waals surface area contributed by atoms with E-state index in [1.807, 2.05) is 42.9 Å². The van der Waals surface area contributed by atoms with Gasteiger partial charge in [0.05, 0.1) is 5.69 Å². The molecule has 19 heavy (non-hydrogen) atoms. The summed E-state index contributed by atoms with van der Waals surface area (Å²) in [5.41, 5.74) is 4.08. The normalized spacial score (nSPS) is 10.4. The molecule has 0 unspecified atom stereocenters. The van der Waals surface area contributed by atoms with E-state index >= 15 is 0 Å². The Morgan fingerprint density at radius 2 is 1.53 bits per heavy atom. The minimum absolute atomic E-state index is 0.932. The second kappa shape index (κ2) is 5.44. The Morgan fingerprint density at radius 3 is 2.16 bits per heavy atom. The van der Waals surface area contributed by atoms with Gasteiger partial charge >= 0.3 is 0 Å². The number of aromatic nitrogens is 3. The van der Waals surface area contributed by atoms with E-state index in [1.165, 1.54) is 0 Å². The van der Waals surface area contributed by atoms with Crippen molar-refractivity contribution in [3.63, 3.8) is 0 Å². The summed E-state index contributed by atoms with van der Waals surface area (Å²) < 4.78 is 1.10. The molecule has 92 valence electrons. The second-order valence-electron chi connectivity index (χ2n) is 4.03. The van der Waals surface area contributed by atoms with Crippen LogP contribution >= 0.6 is 22.6 Å². The Balaban J connectivity index is 2.21. The Morgan fingerprint density at radius 1 is 0.842 bits per heavy atom. The Labute approximate surface area is 124 Å². The smallest absolute Gasteiger partial charge is 0.0797 e. The van der Waals surface area contributed by atoms with Gasteiger partial charge in [-0.1, -0.05) is 6.07 Å². The lowest BCUT2D eigenvalue weighted by Crippen LogP contribution is -1.91. The van der Waals surface area contributed by atoms with Crippen molar-refractivity contribution < 1.29 is 0 Å². The molecule has 3 aromatic rings. The first-order valence-corrected chi connectivity index (χ1v) is 6.89. The molecular weight excluding hydrogens is 349 g/mol. The third-order valence-corrected chi connectivity index (χ3v) is 3.35. The fourth-order valence-corrected chi connectivity index (χ4v) is 2.36. The van der Waals surface area contributed by atoms with Crippen LogP contribution in [-0.4, -0.2) is 15.0 Å². The number of halogens is 1. The van der Waals surface area contributed by atoms with Gasteiger partial charge in [-0.05, 0) is 46.9 Å². The predicted octanol–water partition coefficient (Wildman–Crippen LogP) is 3.81. The number of nitrogens with zero attached hydrogens (tertiary/aromatic N) is 3. The van der Waals surface area contributed by atoms with Gasteiger partial charge in [-0.2, -0.15) is 0 Å². The minimum atomic E-state index is 0.932. The summed E-state index contributed by atoms with van der Waals surface area (Å²) in [6, 6.07) is 10.0. The van der Waals surface area contributed by atoms with E-state index in [0.717, 1.165) is 26.0 Å². The Bertz CT molecular complexity index is 684. The summed E-state index contributed by atoms with van der Waals surface area (Å²) in [5.74, 6) is 0. The van der Waals surface area contributed by atoms with Crippen LogP contribution in [0.15, 0.2) is 61.3 Å². The molecular formula is C15H10IN3. The van der Waals surface area contributed by atoms with Crippen LogP contribution in [0.4, 0.5) is 0 Å². The van der Waals surface area contributed by atoms with Gasteiger partial charge in [0.25, 0.3) is 0 Å². The highest BCUT2D eigenvalue weighted by molar-refractivity contribution is 14.1. The first-order chi connectivity index (χ1) is 9.34. The molecule has 0 saturated heterocycles. The number of hydrogen-bond donors (Lipinski definition) is 0. The molecule has 0 amide bonds. The molecule has 3 rings (SSSR count). The zero-order chi connectivity index (χ0) is 13.1. The van der Waals surface area contributed by atoms with Crippen molar-refractivity contribution in [2.75, 3.05) is 0 Å². The summed E-state index contributed by atoms with van der Waals surface area (Å²) in [5, 5.41) is 0. The quantitative estimate of drug-likeness (QED) is 0.654. The minimum Gasteiger partial charge on any atom is -0.264 e. The standard InChI is InChI=1S/C15H10IN3/c16-13-7-14(11-3-1-5-17-8-11)15(19-10-13)12-4-2-6-18-9-12/h1-10H. The number of hydrogen-bond acceptors (Lipinski definition) is 3. The molecule has 0 aliphatic carbocycles. The molecule has 3 aromatic heterocycles. The van der Waals surface area contributed by atoms with Crippen LogP contribution in [0.2, 0.25) is 0 Å². The first-order valence-electron chi connectivity index (χ1n) is 5.81. The topological polar surface area (TPSA) is 38.7 Å². The third kappa shape index (κ3) is 2.63. The molecule has 0 aromatic carbocycles. The van der Waals surface area contributed by atoms with Gasteiger partial charge in [0.1, 0.15) is 0 Å². The highest BCUT2D eigenvalue weighted by Gasteiger charge is 2.09. The predicted molar refractivity (Wildman–Crippen MR) is 83.4 cm³/mol. The van der Waals surface area contributed by atoms with E-state index in [1.54, 1.807) is 12.4 Å². The maximum Gasteiger partial charge on any atom is 0.0797 e. The number of rotatable bonds is 2. The van der Waals surface area contributed by atoms with Crippen LogP contribution in [0.5, 0.6) is 0 Å². The molecule has 3 nitrogen and oxygen atoms in total. The molecule has 4 heteroatoms. The van der Waals surface area contributed by atoms with E-state index in [0.29, 0.717) is 0 Å². The van der Waals surface area contributed by atoms with Crippen molar-refractivity contribution >= 4 is 22.6 Å². The van der Waals surface area contributed by atoms with Gasteiger partial charge < -0.3 is 0 Å². The van der Waals surface area contributed by atoms with Crippen LogP contribution in [-0.2, 0) is 0 Å². The molecule has 0 radical (unpaired) electrons. The molecule has 3 heterocycles. The van der Waals surface area contributed by atoms with Gasteiger partial charge in [-0.25, -0.2) is 0 Å². The van der Waals surface area contributed by atoms with Gasteiger partial charge in [0.2, 0.25) is 0 Å². The molecule has 0 N–H and O–H groups in total.